The SMILES string of the molecule is CCc1ccccc1CNC(=NC)NCC(C)c1ccccc1OC.I. The lowest BCUT2D eigenvalue weighted by Gasteiger charge is -2.18. The van der Waals surface area contributed by atoms with Gasteiger partial charge < -0.3 is 15.4 Å². The number of aliphatic imine (C=N–C) groups is 1. The van der Waals surface area contributed by atoms with Crippen molar-refractivity contribution in [3.8, 4) is 5.75 Å². The van der Waals surface area contributed by atoms with E-state index in [9.17, 15) is 0 Å². The highest BCUT2D eigenvalue weighted by Gasteiger charge is 2.11. The van der Waals surface area contributed by atoms with Gasteiger partial charge in [-0.25, -0.2) is 0 Å². The number of nitrogens with one attached hydrogen (secondary N) is 2. The van der Waals surface area contributed by atoms with Crippen molar-refractivity contribution in [1.82, 2.24) is 10.6 Å². The lowest BCUT2D eigenvalue weighted by molar-refractivity contribution is 0.406. The number of aryl methyl sites for hydroxylation is 1. The predicted octanol–water partition coefficient (Wildman–Crippen LogP) is 4.34. The van der Waals surface area contributed by atoms with Crippen LogP contribution in [0.1, 0.15) is 36.5 Å². The van der Waals surface area contributed by atoms with Crippen LogP contribution in [0.5, 0.6) is 5.75 Å². The fourth-order valence-corrected chi connectivity index (χ4v) is 2.91. The van der Waals surface area contributed by atoms with E-state index in [-0.39, 0.29) is 24.0 Å². The monoisotopic (exact) mass is 467 g/mol. The molecule has 4 nitrogen and oxygen atoms in total. The van der Waals surface area contributed by atoms with Crippen LogP contribution in [-0.4, -0.2) is 26.7 Å². The minimum Gasteiger partial charge on any atom is -0.496 e. The zero-order valence-electron chi connectivity index (χ0n) is 16.1. The standard InChI is InChI=1S/C21H29N3O.HI/c1-5-17-10-6-7-11-18(17)15-24-21(22-3)23-14-16(2)19-12-8-9-13-20(19)25-4;/h6-13,16H,5,14-15H2,1-4H3,(H2,22,23,24);1H. The van der Waals surface area contributed by atoms with Gasteiger partial charge in [0.2, 0.25) is 0 Å². The van der Waals surface area contributed by atoms with E-state index in [1.54, 1.807) is 14.2 Å². The van der Waals surface area contributed by atoms with Gasteiger partial charge in [0.05, 0.1) is 7.11 Å². The van der Waals surface area contributed by atoms with E-state index in [4.69, 9.17) is 4.74 Å². The molecule has 0 fully saturated rings. The van der Waals surface area contributed by atoms with E-state index in [1.165, 1.54) is 16.7 Å². The van der Waals surface area contributed by atoms with E-state index in [1.807, 2.05) is 18.2 Å². The first kappa shape index (κ1) is 22.3. The maximum atomic E-state index is 5.46. The number of ether oxygens (including phenoxy) is 1. The van der Waals surface area contributed by atoms with Gasteiger partial charge in [0.1, 0.15) is 5.75 Å². The van der Waals surface area contributed by atoms with E-state index in [0.29, 0.717) is 5.92 Å². The van der Waals surface area contributed by atoms with Crippen LogP contribution >= 0.6 is 24.0 Å². The molecule has 2 N–H and O–H groups in total. The highest BCUT2D eigenvalue weighted by Crippen LogP contribution is 2.25. The minimum absolute atomic E-state index is 0. The van der Waals surface area contributed by atoms with Crippen molar-refractivity contribution in [3.63, 3.8) is 0 Å². The molecule has 0 heterocycles. The molecule has 2 aromatic carbocycles. The quantitative estimate of drug-likeness (QED) is 0.362. The molecular formula is C21H30IN3O. The summed E-state index contributed by atoms with van der Waals surface area (Å²) in [7, 11) is 3.51. The molecule has 1 atom stereocenters. The van der Waals surface area contributed by atoms with Crippen molar-refractivity contribution in [2.24, 2.45) is 4.99 Å². The summed E-state index contributed by atoms with van der Waals surface area (Å²) < 4.78 is 5.46. The molecule has 2 rings (SSSR count). The number of halogens is 1. The zero-order chi connectivity index (χ0) is 18.1. The largest absolute Gasteiger partial charge is 0.496 e. The van der Waals surface area contributed by atoms with Crippen LogP contribution in [0.3, 0.4) is 0 Å². The summed E-state index contributed by atoms with van der Waals surface area (Å²) in [6, 6.07) is 16.7. The molecule has 0 spiro atoms. The lowest BCUT2D eigenvalue weighted by Crippen LogP contribution is -2.38. The highest BCUT2D eigenvalue weighted by atomic mass is 127. The number of para-hydroxylation sites is 1. The van der Waals surface area contributed by atoms with Crippen LogP contribution in [-0.2, 0) is 13.0 Å². The Morgan fingerprint density at radius 2 is 1.69 bits per heavy atom. The molecule has 0 aliphatic carbocycles. The summed E-state index contributed by atoms with van der Waals surface area (Å²) in [5, 5.41) is 6.81. The molecule has 0 aliphatic heterocycles. The summed E-state index contributed by atoms with van der Waals surface area (Å²) >= 11 is 0. The van der Waals surface area contributed by atoms with Crippen LogP contribution in [0, 0.1) is 0 Å². The molecule has 0 saturated carbocycles. The van der Waals surface area contributed by atoms with Crippen LogP contribution in [0.2, 0.25) is 0 Å². The van der Waals surface area contributed by atoms with Gasteiger partial charge in [-0.2, -0.15) is 0 Å². The fraction of sp³-hybridized carbons (Fsp3) is 0.381. The second-order valence-electron chi connectivity index (χ2n) is 6.07. The first-order valence-corrected chi connectivity index (χ1v) is 8.83. The molecule has 0 radical (unpaired) electrons. The molecule has 142 valence electrons. The number of benzene rings is 2. The highest BCUT2D eigenvalue weighted by molar-refractivity contribution is 14.0. The number of rotatable bonds is 7. The summed E-state index contributed by atoms with van der Waals surface area (Å²) in [6.07, 6.45) is 1.04. The Kier molecular flexibility index (Phi) is 10.1. The molecule has 26 heavy (non-hydrogen) atoms. The maximum Gasteiger partial charge on any atom is 0.191 e. The number of hydrogen-bond acceptors (Lipinski definition) is 2. The van der Waals surface area contributed by atoms with Crippen molar-refractivity contribution >= 4 is 29.9 Å². The Balaban J connectivity index is 0.00000338. The summed E-state index contributed by atoms with van der Waals surface area (Å²) in [5.74, 6) is 2.06. The summed E-state index contributed by atoms with van der Waals surface area (Å²) in [5.41, 5.74) is 3.88. The second kappa shape index (κ2) is 11.8. The summed E-state index contributed by atoms with van der Waals surface area (Å²) in [6.45, 7) is 5.92. The molecular weight excluding hydrogens is 437 g/mol. The Morgan fingerprint density at radius 3 is 2.35 bits per heavy atom. The lowest BCUT2D eigenvalue weighted by atomic mass is 10.0. The van der Waals surface area contributed by atoms with Crippen molar-refractivity contribution < 1.29 is 4.74 Å². The van der Waals surface area contributed by atoms with Gasteiger partial charge in [-0.3, -0.25) is 4.99 Å². The Labute approximate surface area is 174 Å². The third kappa shape index (κ3) is 6.20. The smallest absolute Gasteiger partial charge is 0.191 e. The van der Waals surface area contributed by atoms with Crippen molar-refractivity contribution in [2.45, 2.75) is 32.7 Å². The van der Waals surface area contributed by atoms with Crippen LogP contribution in [0.15, 0.2) is 53.5 Å². The van der Waals surface area contributed by atoms with Gasteiger partial charge in [-0.15, -0.1) is 24.0 Å². The molecule has 0 amide bonds. The van der Waals surface area contributed by atoms with E-state index >= 15 is 0 Å². The average molecular weight is 467 g/mol. The predicted molar refractivity (Wildman–Crippen MR) is 121 cm³/mol. The van der Waals surface area contributed by atoms with Gasteiger partial charge in [-0.05, 0) is 29.2 Å². The average Bonchev–Trinajstić information content (AvgIpc) is 2.68. The minimum atomic E-state index is 0. The fourth-order valence-electron chi connectivity index (χ4n) is 2.91. The molecule has 5 heteroatoms. The van der Waals surface area contributed by atoms with Gasteiger partial charge in [-0.1, -0.05) is 56.3 Å². The van der Waals surface area contributed by atoms with Crippen molar-refractivity contribution in [2.75, 3.05) is 20.7 Å². The molecule has 0 aliphatic rings. The van der Waals surface area contributed by atoms with Crippen molar-refractivity contribution in [1.29, 1.82) is 0 Å². The molecule has 0 aromatic heterocycles. The molecule has 0 saturated heterocycles. The van der Waals surface area contributed by atoms with Crippen LogP contribution < -0.4 is 15.4 Å². The van der Waals surface area contributed by atoms with Gasteiger partial charge >= 0.3 is 0 Å². The normalized spacial score (nSPS) is 12.1. The number of nitrogens with zero attached hydrogens (tertiary/aromatic N) is 1. The van der Waals surface area contributed by atoms with E-state index in [0.717, 1.165) is 31.2 Å². The number of hydrogen-bond donors (Lipinski definition) is 2. The van der Waals surface area contributed by atoms with Gasteiger partial charge in [0.25, 0.3) is 0 Å². The van der Waals surface area contributed by atoms with E-state index in [2.05, 4.69) is 59.8 Å². The Hall–Kier alpha value is -1.76. The molecule has 1 unspecified atom stereocenters. The maximum absolute atomic E-state index is 5.46. The molecule has 2 aromatic rings. The molecule has 0 bridgehead atoms. The number of methoxy groups -OCH3 is 1. The van der Waals surface area contributed by atoms with Gasteiger partial charge in [0, 0.05) is 26.1 Å². The first-order chi connectivity index (χ1) is 12.2. The second-order valence-corrected chi connectivity index (χ2v) is 6.07. The third-order valence-electron chi connectivity index (χ3n) is 4.41. The van der Waals surface area contributed by atoms with Crippen molar-refractivity contribution in [3.05, 3.63) is 65.2 Å². The first-order valence-electron chi connectivity index (χ1n) is 8.83. The number of guanidine groups is 1. The zero-order valence-corrected chi connectivity index (χ0v) is 18.4. The van der Waals surface area contributed by atoms with Crippen LogP contribution in [0.25, 0.3) is 0 Å². The van der Waals surface area contributed by atoms with Gasteiger partial charge in [0.15, 0.2) is 5.96 Å². The topological polar surface area (TPSA) is 45.7 Å². The Bertz CT molecular complexity index is 703. The Morgan fingerprint density at radius 1 is 1.04 bits per heavy atom. The summed E-state index contributed by atoms with van der Waals surface area (Å²) in [4.78, 5) is 4.33. The van der Waals surface area contributed by atoms with Crippen LogP contribution in [0.4, 0.5) is 0 Å². The van der Waals surface area contributed by atoms with E-state index < -0.39 is 0 Å². The third-order valence-corrected chi connectivity index (χ3v) is 4.41.